The molecule has 0 atom stereocenters. The SMILES string of the molecule is FC(F)(F)c1cc([B-](c2cc(C(F)(F)F)cc(C(F)(F)F)c2)(c2cc(C(F)(F)F)cc(C(F)(F)F)c2)c2cc(C(F)(F)F)cc(C(F)(F)F)c2)cc(C(F)(F)F)c1.c1ccc2c(c1)ccc[n+]2OC1CCCC1. The highest BCUT2D eigenvalue weighted by Gasteiger charge is 2.47. The summed E-state index contributed by atoms with van der Waals surface area (Å²) in [6.07, 6.45) is -47.4. The summed E-state index contributed by atoms with van der Waals surface area (Å²) in [5.41, 5.74) is -29.1. The molecule has 0 spiro atoms. The molecule has 27 heteroatoms. The van der Waals surface area contributed by atoms with Gasteiger partial charge in [-0.15, -0.1) is 0 Å². The molecule has 0 amide bonds. The number of nitrogens with zero attached hydrogens (tertiary/aromatic N) is 1. The molecule has 1 heterocycles. The molecule has 0 N–H and O–H groups in total. The lowest BCUT2D eigenvalue weighted by atomic mass is 9.12. The minimum absolute atomic E-state index is 0.399. The summed E-state index contributed by atoms with van der Waals surface area (Å²) in [7, 11) is 0. The molecule has 6 aromatic rings. The van der Waals surface area contributed by atoms with Crippen molar-refractivity contribution in [3.63, 3.8) is 0 Å². The number of fused-ring (bicyclic) bond motifs is 1. The van der Waals surface area contributed by atoms with E-state index in [1.54, 1.807) is 0 Å². The summed E-state index contributed by atoms with van der Waals surface area (Å²) < 4.78 is 343. The molecule has 0 aliphatic heterocycles. The maximum absolute atomic E-state index is 14.2. The van der Waals surface area contributed by atoms with Crippen molar-refractivity contribution in [2.24, 2.45) is 0 Å². The Morgan fingerprint density at radius 2 is 0.589 bits per heavy atom. The lowest BCUT2D eigenvalue weighted by Gasteiger charge is -2.46. The number of hydrogen-bond acceptors (Lipinski definition) is 1. The van der Waals surface area contributed by atoms with Crippen LogP contribution in [0.3, 0.4) is 0 Å². The van der Waals surface area contributed by atoms with Crippen LogP contribution in [0.1, 0.15) is 70.2 Å². The van der Waals surface area contributed by atoms with Gasteiger partial charge in [-0.2, -0.15) is 127 Å². The summed E-state index contributed by atoms with van der Waals surface area (Å²) in [4.78, 5) is 6.01. The molecule has 0 unspecified atom stereocenters. The highest BCUT2D eigenvalue weighted by atomic mass is 19.4. The minimum Gasteiger partial charge on any atom is -0.268 e. The van der Waals surface area contributed by atoms with Crippen molar-refractivity contribution in [1.82, 2.24) is 0 Å². The van der Waals surface area contributed by atoms with Gasteiger partial charge in [0.25, 0.3) is 5.52 Å². The second-order valence-electron chi connectivity index (χ2n) is 16.6. The van der Waals surface area contributed by atoms with Crippen LogP contribution >= 0.6 is 0 Å². The lowest BCUT2D eigenvalue weighted by Crippen LogP contribution is -2.75. The Labute approximate surface area is 394 Å². The largest absolute Gasteiger partial charge is 0.416 e. The van der Waals surface area contributed by atoms with E-state index in [2.05, 4.69) is 30.3 Å². The highest BCUT2D eigenvalue weighted by molar-refractivity contribution is 7.20. The van der Waals surface area contributed by atoms with Gasteiger partial charge in [0, 0.05) is 16.9 Å². The molecule has 1 aromatic heterocycles. The zero-order chi connectivity index (χ0) is 54.7. The number of hydrogen-bond donors (Lipinski definition) is 0. The third-order valence-corrected chi connectivity index (χ3v) is 11.7. The molecular formula is C46H28BF24NO. The Balaban J connectivity index is 0.000000453. The Kier molecular flexibility index (Phi) is 14.7. The number of benzene rings is 5. The fourth-order valence-electron chi connectivity index (χ4n) is 8.45. The van der Waals surface area contributed by atoms with E-state index in [1.807, 2.05) is 17.0 Å². The fourth-order valence-corrected chi connectivity index (χ4v) is 8.45. The van der Waals surface area contributed by atoms with Gasteiger partial charge in [0.1, 0.15) is 6.15 Å². The van der Waals surface area contributed by atoms with Crippen LogP contribution in [0.15, 0.2) is 115 Å². The van der Waals surface area contributed by atoms with Crippen molar-refractivity contribution in [3.8, 4) is 0 Å². The number of aromatic nitrogens is 1. The average Bonchev–Trinajstić information content (AvgIpc) is 3.77. The molecule has 1 aliphatic carbocycles. The lowest BCUT2D eigenvalue weighted by molar-refractivity contribution is -0.879. The standard InChI is InChI=1S/C32H12BF24.C14H16NO/c34-25(35,36)13-1-14(26(37,38)39)6-21(5-13)33(22-7-15(27(40,41)42)2-16(8-22)28(43,44)45,23-9-17(29(46,47)48)3-18(10-23)30(49,50)51)24-11-19(31(52,53)54)4-20(12-24)32(55,56)57;1-4-10-14-12(6-1)7-5-11-15(14)16-13-8-2-3-9-13/h1-12H;1,4-7,10-11,13H,2-3,8-9H2/q-1;+1. The van der Waals surface area contributed by atoms with E-state index >= 15 is 0 Å². The smallest absolute Gasteiger partial charge is 0.268 e. The Morgan fingerprint density at radius 1 is 0.342 bits per heavy atom. The molecule has 0 bridgehead atoms. The molecule has 1 saturated carbocycles. The van der Waals surface area contributed by atoms with Crippen LogP contribution in [0.2, 0.25) is 0 Å². The normalized spacial score (nSPS) is 14.8. The topological polar surface area (TPSA) is 13.1 Å². The molecule has 5 aromatic carbocycles. The third-order valence-electron chi connectivity index (χ3n) is 11.7. The fraction of sp³-hybridized carbons (Fsp3) is 0.283. The van der Waals surface area contributed by atoms with Gasteiger partial charge in [-0.05, 0) is 62.1 Å². The van der Waals surface area contributed by atoms with Crippen molar-refractivity contribution >= 4 is 38.9 Å². The predicted octanol–water partition coefficient (Wildman–Crippen LogP) is 13.7. The molecule has 1 aliphatic rings. The maximum atomic E-state index is 14.2. The molecule has 1 fully saturated rings. The Morgan fingerprint density at radius 3 is 0.849 bits per heavy atom. The number of halogens is 24. The van der Waals surface area contributed by atoms with Crippen molar-refractivity contribution in [2.75, 3.05) is 0 Å². The van der Waals surface area contributed by atoms with Crippen LogP contribution in [0.5, 0.6) is 0 Å². The first-order valence-corrected chi connectivity index (χ1v) is 20.6. The van der Waals surface area contributed by atoms with Gasteiger partial charge in [-0.25, -0.2) is 0 Å². The monoisotopic (exact) mass is 1080 g/mol. The molecule has 394 valence electrons. The van der Waals surface area contributed by atoms with E-state index in [1.165, 1.54) is 31.1 Å². The molecule has 2 nitrogen and oxygen atoms in total. The first kappa shape index (κ1) is 56.0. The summed E-state index contributed by atoms with van der Waals surface area (Å²) >= 11 is 0. The van der Waals surface area contributed by atoms with Crippen LogP contribution in [-0.4, -0.2) is 12.2 Å². The van der Waals surface area contributed by atoms with E-state index in [0.29, 0.717) is 6.10 Å². The molecule has 7 rings (SSSR count). The van der Waals surface area contributed by atoms with Crippen molar-refractivity contribution in [3.05, 3.63) is 160 Å². The number of pyridine rings is 1. The highest BCUT2D eigenvalue weighted by Crippen LogP contribution is 2.41. The molecule has 0 radical (unpaired) electrons. The van der Waals surface area contributed by atoms with Crippen LogP contribution in [-0.2, 0) is 49.4 Å². The van der Waals surface area contributed by atoms with Gasteiger partial charge < -0.3 is 0 Å². The summed E-state index contributed by atoms with van der Waals surface area (Å²) in [6.45, 7) is 0. The van der Waals surface area contributed by atoms with Gasteiger partial charge >= 0.3 is 49.4 Å². The van der Waals surface area contributed by atoms with E-state index in [0.717, 1.165) is 5.52 Å². The second-order valence-corrected chi connectivity index (χ2v) is 16.6. The molecular weight excluding hydrogens is 1050 g/mol. The molecule has 73 heavy (non-hydrogen) atoms. The van der Waals surface area contributed by atoms with Crippen LogP contribution in [0.25, 0.3) is 10.9 Å². The van der Waals surface area contributed by atoms with E-state index in [4.69, 9.17) is 4.84 Å². The Hall–Kier alpha value is -6.31. The van der Waals surface area contributed by atoms with E-state index in [9.17, 15) is 105 Å². The van der Waals surface area contributed by atoms with E-state index < -0.39 is 195 Å². The molecule has 0 saturated heterocycles. The van der Waals surface area contributed by atoms with Crippen LogP contribution in [0, 0.1) is 0 Å². The van der Waals surface area contributed by atoms with Crippen molar-refractivity contribution in [2.45, 2.75) is 81.2 Å². The van der Waals surface area contributed by atoms with Crippen molar-refractivity contribution < 1.29 is 115 Å². The van der Waals surface area contributed by atoms with Gasteiger partial charge in [0.05, 0.1) is 49.9 Å². The second kappa shape index (κ2) is 19.2. The zero-order valence-corrected chi connectivity index (χ0v) is 35.9. The van der Waals surface area contributed by atoms with Crippen LogP contribution in [0.4, 0.5) is 105 Å². The van der Waals surface area contributed by atoms with Gasteiger partial charge in [-0.1, -0.05) is 60.7 Å². The minimum atomic E-state index is -6.13. The van der Waals surface area contributed by atoms with Crippen LogP contribution < -0.4 is 31.4 Å². The summed E-state index contributed by atoms with van der Waals surface area (Å²) in [5, 5.41) is 1.22. The summed E-state index contributed by atoms with van der Waals surface area (Å²) in [6, 6.07) is 3.67. The van der Waals surface area contributed by atoms with Crippen molar-refractivity contribution in [1.29, 1.82) is 0 Å². The number of rotatable bonds is 6. The Bertz CT molecular complexity index is 2510. The zero-order valence-electron chi connectivity index (χ0n) is 35.9. The first-order valence-electron chi connectivity index (χ1n) is 20.6. The maximum Gasteiger partial charge on any atom is 0.416 e. The number of alkyl halides is 24. The van der Waals surface area contributed by atoms with Gasteiger partial charge in [0.15, 0.2) is 6.10 Å². The quantitative estimate of drug-likeness (QED) is 0.0920. The average molecular weight is 1080 g/mol. The van der Waals surface area contributed by atoms with Gasteiger partial charge in [0.2, 0.25) is 6.20 Å². The van der Waals surface area contributed by atoms with Gasteiger partial charge in [-0.3, -0.25) is 4.84 Å². The first-order chi connectivity index (χ1) is 33.2. The van der Waals surface area contributed by atoms with E-state index in [-0.39, 0.29) is 0 Å². The summed E-state index contributed by atoms with van der Waals surface area (Å²) in [5.74, 6) is 0. The third kappa shape index (κ3) is 12.6. The predicted molar refractivity (Wildman–Crippen MR) is 213 cm³/mol. The number of para-hydroxylation sites is 1.